The molecule has 1 saturated heterocycles. The van der Waals surface area contributed by atoms with Crippen LogP contribution in [0.2, 0.25) is 0 Å². The van der Waals surface area contributed by atoms with E-state index in [1.165, 1.54) is 12.8 Å². The molecular weight excluding hydrogens is 216 g/mol. The molecule has 6 heteroatoms. The minimum Gasteiger partial charge on any atom is -0.326 e. The summed E-state index contributed by atoms with van der Waals surface area (Å²) >= 11 is 0. The van der Waals surface area contributed by atoms with Gasteiger partial charge in [0.05, 0.1) is 30.5 Å². The van der Waals surface area contributed by atoms with Crippen LogP contribution in [0.5, 0.6) is 0 Å². The van der Waals surface area contributed by atoms with E-state index in [1.54, 1.807) is 0 Å². The van der Waals surface area contributed by atoms with Crippen molar-refractivity contribution in [3.05, 3.63) is 18.7 Å². The van der Waals surface area contributed by atoms with Gasteiger partial charge in [0.25, 0.3) is 0 Å². The lowest BCUT2D eigenvalue weighted by molar-refractivity contribution is 0.313. The highest BCUT2D eigenvalue weighted by Crippen LogP contribution is 2.37. The van der Waals surface area contributed by atoms with Crippen LogP contribution in [0.25, 0.3) is 11.4 Å². The van der Waals surface area contributed by atoms with Gasteiger partial charge < -0.3 is 9.88 Å². The average Bonchev–Trinajstić information content (AvgIpc) is 2.81. The third kappa shape index (κ3) is 1.48. The quantitative estimate of drug-likeness (QED) is 0.839. The number of rotatable bonds is 3. The van der Waals surface area contributed by atoms with Crippen LogP contribution in [0.1, 0.15) is 24.9 Å². The molecule has 6 nitrogen and oxygen atoms in total. The van der Waals surface area contributed by atoms with Gasteiger partial charge in [0.2, 0.25) is 0 Å². The van der Waals surface area contributed by atoms with E-state index in [2.05, 4.69) is 25.2 Å². The van der Waals surface area contributed by atoms with Gasteiger partial charge in [-0.05, 0) is 12.8 Å². The molecule has 1 saturated carbocycles. The first-order valence-electron chi connectivity index (χ1n) is 6.06. The van der Waals surface area contributed by atoms with E-state index in [0.29, 0.717) is 12.1 Å². The lowest BCUT2D eigenvalue weighted by Gasteiger charge is -2.26. The van der Waals surface area contributed by atoms with Crippen molar-refractivity contribution in [2.24, 2.45) is 0 Å². The molecule has 1 aliphatic heterocycles. The number of hydrogen-bond donors (Lipinski definition) is 1. The Bertz CT molecular complexity index is 534. The Morgan fingerprint density at radius 3 is 2.82 bits per heavy atom. The van der Waals surface area contributed by atoms with Crippen LogP contribution in [0.4, 0.5) is 0 Å². The fraction of sp³-hybridized carbons (Fsp3) is 0.545. The topological polar surface area (TPSA) is 60.6 Å². The molecule has 0 radical (unpaired) electrons. The minimum atomic E-state index is 0.466. The summed E-state index contributed by atoms with van der Waals surface area (Å²) in [4.78, 5) is 4.22. The summed E-state index contributed by atoms with van der Waals surface area (Å²) in [5.41, 5.74) is 2.02. The van der Waals surface area contributed by atoms with Crippen molar-refractivity contribution < 1.29 is 0 Å². The first-order valence-corrected chi connectivity index (χ1v) is 6.06. The Labute approximate surface area is 98.7 Å². The highest BCUT2D eigenvalue weighted by atomic mass is 15.5. The average molecular weight is 230 g/mol. The monoisotopic (exact) mass is 230 g/mol. The fourth-order valence-electron chi connectivity index (χ4n) is 2.18. The van der Waals surface area contributed by atoms with E-state index in [4.69, 9.17) is 0 Å². The fourth-order valence-corrected chi connectivity index (χ4v) is 2.18. The predicted molar refractivity (Wildman–Crippen MR) is 61.4 cm³/mol. The molecule has 0 aromatic carbocycles. The van der Waals surface area contributed by atoms with Crippen molar-refractivity contribution in [1.29, 1.82) is 0 Å². The van der Waals surface area contributed by atoms with Gasteiger partial charge in [-0.25, -0.2) is 9.67 Å². The van der Waals surface area contributed by atoms with Crippen LogP contribution in [0.3, 0.4) is 0 Å². The van der Waals surface area contributed by atoms with E-state index in [9.17, 15) is 0 Å². The smallest absolute Gasteiger partial charge is 0.131 e. The molecule has 17 heavy (non-hydrogen) atoms. The Kier molecular flexibility index (Phi) is 1.87. The zero-order chi connectivity index (χ0) is 11.2. The van der Waals surface area contributed by atoms with E-state index in [1.807, 2.05) is 23.4 Å². The molecule has 0 amide bonds. The normalized spacial score (nSPS) is 20.5. The number of hydrogen-bond acceptors (Lipinski definition) is 4. The number of imidazole rings is 1. The Morgan fingerprint density at radius 2 is 2.12 bits per heavy atom. The van der Waals surface area contributed by atoms with Crippen molar-refractivity contribution in [1.82, 2.24) is 29.9 Å². The van der Waals surface area contributed by atoms with E-state index in [0.717, 1.165) is 24.5 Å². The maximum absolute atomic E-state index is 4.26. The van der Waals surface area contributed by atoms with Crippen LogP contribution >= 0.6 is 0 Å². The second-order valence-corrected chi connectivity index (χ2v) is 4.81. The largest absolute Gasteiger partial charge is 0.326 e. The molecular formula is C11H14N6. The number of nitrogens with zero attached hydrogens (tertiary/aromatic N) is 5. The van der Waals surface area contributed by atoms with Crippen molar-refractivity contribution in [3.8, 4) is 11.4 Å². The van der Waals surface area contributed by atoms with Gasteiger partial charge in [0.1, 0.15) is 5.69 Å². The van der Waals surface area contributed by atoms with E-state index >= 15 is 0 Å². The molecule has 2 aliphatic rings. The van der Waals surface area contributed by atoms with Gasteiger partial charge in [0, 0.05) is 19.1 Å². The number of nitrogens with one attached hydrogen (secondary N) is 1. The summed E-state index contributed by atoms with van der Waals surface area (Å²) in [6.07, 6.45) is 8.32. The molecule has 0 unspecified atom stereocenters. The lowest BCUT2D eigenvalue weighted by atomic mass is 10.2. The Morgan fingerprint density at radius 1 is 1.24 bits per heavy atom. The molecule has 1 aliphatic carbocycles. The van der Waals surface area contributed by atoms with Gasteiger partial charge in [0.15, 0.2) is 0 Å². The zero-order valence-electron chi connectivity index (χ0n) is 9.45. The zero-order valence-corrected chi connectivity index (χ0v) is 9.45. The highest BCUT2D eigenvalue weighted by Gasteiger charge is 2.27. The molecule has 0 bridgehead atoms. The van der Waals surface area contributed by atoms with Gasteiger partial charge in [-0.15, -0.1) is 5.10 Å². The molecule has 1 N–H and O–H groups in total. The van der Waals surface area contributed by atoms with Crippen molar-refractivity contribution >= 4 is 0 Å². The molecule has 2 fully saturated rings. The van der Waals surface area contributed by atoms with Crippen LogP contribution < -0.4 is 5.32 Å². The lowest BCUT2D eigenvalue weighted by Crippen LogP contribution is -2.43. The van der Waals surface area contributed by atoms with Crippen LogP contribution in [0, 0.1) is 0 Å². The molecule has 2 aromatic rings. The second-order valence-electron chi connectivity index (χ2n) is 4.81. The van der Waals surface area contributed by atoms with Crippen LogP contribution in [0.15, 0.2) is 18.7 Å². The molecule has 4 rings (SSSR count). The van der Waals surface area contributed by atoms with Crippen molar-refractivity contribution in [2.45, 2.75) is 24.9 Å². The predicted octanol–water partition coefficient (Wildman–Crippen LogP) is 0.621. The Hall–Kier alpha value is -1.69. The second kappa shape index (κ2) is 3.40. The first kappa shape index (κ1) is 9.35. The Balaban J connectivity index is 1.68. The van der Waals surface area contributed by atoms with Gasteiger partial charge in [-0.1, -0.05) is 5.21 Å². The SMILES string of the molecule is c1ncn(C2CC2)c1-c1cn(C2CNC2)nn1. The van der Waals surface area contributed by atoms with E-state index < -0.39 is 0 Å². The summed E-state index contributed by atoms with van der Waals surface area (Å²) < 4.78 is 4.17. The third-order valence-electron chi connectivity index (χ3n) is 3.51. The standard InChI is InChI=1S/C11H14N6/c1-2-8(1)16-7-13-5-11(16)10-6-17(15-14-10)9-3-12-4-9/h5-9,12H,1-4H2. The van der Waals surface area contributed by atoms with Gasteiger partial charge in [-0.3, -0.25) is 0 Å². The number of aromatic nitrogens is 5. The third-order valence-corrected chi connectivity index (χ3v) is 3.51. The first-order chi connectivity index (χ1) is 8.42. The molecule has 0 atom stereocenters. The van der Waals surface area contributed by atoms with Gasteiger partial charge >= 0.3 is 0 Å². The molecule has 3 heterocycles. The van der Waals surface area contributed by atoms with Crippen molar-refractivity contribution in [2.75, 3.05) is 13.1 Å². The maximum atomic E-state index is 4.26. The molecule has 0 spiro atoms. The van der Waals surface area contributed by atoms with Gasteiger partial charge in [-0.2, -0.15) is 0 Å². The summed E-state index contributed by atoms with van der Waals surface area (Å²) in [6, 6.07) is 1.09. The van der Waals surface area contributed by atoms with E-state index in [-0.39, 0.29) is 0 Å². The van der Waals surface area contributed by atoms with Crippen molar-refractivity contribution in [3.63, 3.8) is 0 Å². The van der Waals surface area contributed by atoms with Crippen LogP contribution in [-0.4, -0.2) is 37.6 Å². The molecule has 88 valence electrons. The maximum Gasteiger partial charge on any atom is 0.131 e. The summed E-state index contributed by atoms with van der Waals surface area (Å²) in [6.45, 7) is 1.98. The minimum absolute atomic E-state index is 0.466. The van der Waals surface area contributed by atoms with Crippen LogP contribution in [-0.2, 0) is 0 Å². The summed E-state index contributed by atoms with van der Waals surface area (Å²) in [7, 11) is 0. The molecule has 2 aromatic heterocycles. The summed E-state index contributed by atoms with van der Waals surface area (Å²) in [5.74, 6) is 0. The highest BCUT2D eigenvalue weighted by molar-refractivity contribution is 5.52. The summed E-state index contributed by atoms with van der Waals surface area (Å²) in [5, 5.41) is 11.7.